The first-order valence-electron chi connectivity index (χ1n) is 4.94. The zero-order valence-electron chi connectivity index (χ0n) is 8.64. The van der Waals surface area contributed by atoms with Crippen molar-refractivity contribution in [3.8, 4) is 0 Å². The summed E-state index contributed by atoms with van der Waals surface area (Å²) in [4.78, 5) is 11.6. The Kier molecular flexibility index (Phi) is 4.30. The number of hydrogen-bond acceptors (Lipinski definition) is 4. The summed E-state index contributed by atoms with van der Waals surface area (Å²) in [6.45, 7) is 4.79. The van der Waals surface area contributed by atoms with Gasteiger partial charge in [-0.15, -0.1) is 0 Å². The van der Waals surface area contributed by atoms with Gasteiger partial charge in [0, 0.05) is 12.5 Å². The molecule has 14 heavy (non-hydrogen) atoms. The summed E-state index contributed by atoms with van der Waals surface area (Å²) < 4.78 is 6.83. The second-order valence-corrected chi connectivity index (χ2v) is 4.40. The van der Waals surface area contributed by atoms with E-state index in [4.69, 9.17) is 4.74 Å². The van der Waals surface area contributed by atoms with Gasteiger partial charge in [0.1, 0.15) is 6.04 Å². The molecule has 0 bridgehead atoms. The molecule has 5 heteroatoms. The molecule has 1 aliphatic rings. The van der Waals surface area contributed by atoms with E-state index in [-0.39, 0.29) is 17.9 Å². The maximum atomic E-state index is 11.6. The molecule has 82 valence electrons. The highest BCUT2D eigenvalue weighted by Gasteiger charge is 2.41. The van der Waals surface area contributed by atoms with E-state index >= 15 is 0 Å². The Balaban J connectivity index is 2.53. The average Bonchev–Trinajstić information content (AvgIpc) is 2.38. The van der Waals surface area contributed by atoms with Gasteiger partial charge >= 0.3 is 5.97 Å². The minimum atomic E-state index is -0.438. The van der Waals surface area contributed by atoms with Gasteiger partial charge in [-0.3, -0.25) is 9.46 Å². The van der Waals surface area contributed by atoms with Gasteiger partial charge in [-0.25, -0.2) is 0 Å². The van der Waals surface area contributed by atoms with Crippen molar-refractivity contribution in [1.29, 1.82) is 0 Å². The predicted octanol–water partition coefficient (Wildman–Crippen LogP) is 0.411. The van der Waals surface area contributed by atoms with Crippen LogP contribution in [0, 0.1) is 5.92 Å². The monoisotopic (exact) mass is 219 g/mol. The second-order valence-electron chi connectivity index (χ2n) is 3.74. The SMILES string of the molecule is CCCOC(=O)[C@@H]1C(C)[C@@H](O)CN1P. The van der Waals surface area contributed by atoms with Crippen LogP contribution in [0.1, 0.15) is 20.3 Å². The quantitative estimate of drug-likeness (QED) is 0.551. The number of nitrogens with zero attached hydrogens (tertiary/aromatic N) is 1. The van der Waals surface area contributed by atoms with Crippen molar-refractivity contribution < 1.29 is 14.6 Å². The first kappa shape index (κ1) is 11.9. The van der Waals surface area contributed by atoms with E-state index in [2.05, 4.69) is 9.39 Å². The molecular formula is C9H18NO3P. The molecule has 0 aromatic rings. The third-order valence-corrected chi connectivity index (χ3v) is 3.08. The van der Waals surface area contributed by atoms with E-state index in [1.165, 1.54) is 0 Å². The van der Waals surface area contributed by atoms with Crippen LogP contribution in [0.5, 0.6) is 0 Å². The first-order valence-corrected chi connectivity index (χ1v) is 5.45. The van der Waals surface area contributed by atoms with Crippen molar-refractivity contribution in [2.75, 3.05) is 13.2 Å². The molecule has 4 nitrogen and oxygen atoms in total. The third-order valence-electron chi connectivity index (χ3n) is 2.55. The van der Waals surface area contributed by atoms with E-state index in [9.17, 15) is 9.90 Å². The van der Waals surface area contributed by atoms with Crippen LogP contribution in [0.4, 0.5) is 0 Å². The number of rotatable bonds is 3. The Bertz CT molecular complexity index is 212. The number of carbonyl (C=O) groups is 1. The van der Waals surface area contributed by atoms with Crippen LogP contribution >= 0.6 is 9.39 Å². The molecule has 1 rings (SSSR count). The molecule has 0 radical (unpaired) electrons. The standard InChI is InChI=1S/C9H18NO3P/c1-3-4-13-9(12)8-6(2)7(11)5-10(8)14/h6-8,11H,3-5,14H2,1-2H3/t6?,7-,8-/m0/s1. The Morgan fingerprint density at radius 3 is 2.79 bits per heavy atom. The third kappa shape index (κ3) is 2.44. The fraction of sp³-hybridized carbons (Fsp3) is 0.889. The molecule has 1 fully saturated rings. The van der Waals surface area contributed by atoms with Crippen LogP contribution in [0.3, 0.4) is 0 Å². The Labute approximate surface area is 86.9 Å². The van der Waals surface area contributed by atoms with Crippen LogP contribution < -0.4 is 0 Å². The summed E-state index contributed by atoms with van der Waals surface area (Å²) >= 11 is 0. The fourth-order valence-corrected chi connectivity index (χ4v) is 2.26. The number of carbonyl (C=O) groups excluding carboxylic acids is 1. The van der Waals surface area contributed by atoms with Gasteiger partial charge in [-0.2, -0.15) is 0 Å². The molecule has 0 aromatic carbocycles. The number of ether oxygens (including phenoxy) is 1. The number of esters is 1. The lowest BCUT2D eigenvalue weighted by molar-refractivity contribution is -0.148. The summed E-state index contributed by atoms with van der Waals surface area (Å²) in [5, 5.41) is 9.55. The van der Waals surface area contributed by atoms with Crippen molar-refractivity contribution in [3.05, 3.63) is 0 Å². The van der Waals surface area contributed by atoms with Crippen LogP contribution in [0.15, 0.2) is 0 Å². The molecular weight excluding hydrogens is 201 g/mol. The predicted molar refractivity (Wildman–Crippen MR) is 56.6 cm³/mol. The van der Waals surface area contributed by atoms with Crippen molar-refractivity contribution in [2.24, 2.45) is 5.92 Å². The Morgan fingerprint density at radius 1 is 1.71 bits per heavy atom. The van der Waals surface area contributed by atoms with Crippen LogP contribution in [0.2, 0.25) is 0 Å². The van der Waals surface area contributed by atoms with Gasteiger partial charge in [-0.05, 0) is 6.42 Å². The molecule has 1 saturated heterocycles. The summed E-state index contributed by atoms with van der Waals surface area (Å²) in [6.07, 6.45) is 0.387. The smallest absolute Gasteiger partial charge is 0.324 e. The molecule has 1 heterocycles. The van der Waals surface area contributed by atoms with Crippen molar-refractivity contribution in [3.63, 3.8) is 0 Å². The van der Waals surface area contributed by atoms with Crippen molar-refractivity contribution in [1.82, 2.24) is 4.67 Å². The fourth-order valence-electron chi connectivity index (χ4n) is 1.65. The van der Waals surface area contributed by atoms with E-state index in [1.54, 1.807) is 4.67 Å². The highest BCUT2D eigenvalue weighted by molar-refractivity contribution is 7.13. The molecule has 0 spiro atoms. The van der Waals surface area contributed by atoms with Gasteiger partial charge in [0.2, 0.25) is 0 Å². The topological polar surface area (TPSA) is 49.8 Å². The van der Waals surface area contributed by atoms with Crippen molar-refractivity contribution >= 4 is 15.4 Å². The lowest BCUT2D eigenvalue weighted by Crippen LogP contribution is -2.35. The maximum Gasteiger partial charge on any atom is 0.324 e. The van der Waals surface area contributed by atoms with Crippen LogP contribution in [0.25, 0.3) is 0 Å². The highest BCUT2D eigenvalue weighted by Crippen LogP contribution is 2.28. The number of hydrogen-bond donors (Lipinski definition) is 1. The van der Waals surface area contributed by atoms with Gasteiger partial charge in [0.25, 0.3) is 0 Å². The van der Waals surface area contributed by atoms with E-state index < -0.39 is 6.10 Å². The zero-order chi connectivity index (χ0) is 10.7. The van der Waals surface area contributed by atoms with Gasteiger partial charge < -0.3 is 9.84 Å². The highest BCUT2D eigenvalue weighted by atomic mass is 31.0. The molecule has 1 aliphatic heterocycles. The molecule has 4 atom stereocenters. The lowest BCUT2D eigenvalue weighted by atomic mass is 10.0. The molecule has 2 unspecified atom stereocenters. The summed E-state index contributed by atoms with van der Waals surface area (Å²) in [5.74, 6) is -0.289. The van der Waals surface area contributed by atoms with Crippen LogP contribution in [-0.4, -0.2) is 41.0 Å². The number of β-amino-alcohol motifs (C(OH)–C–C–N with tert-alkyl or cyclic N) is 1. The summed E-state index contributed by atoms with van der Waals surface area (Å²) in [7, 11) is 2.47. The number of aliphatic hydroxyl groups is 1. The van der Waals surface area contributed by atoms with E-state index in [1.807, 2.05) is 13.8 Å². The normalized spacial score (nSPS) is 33.3. The summed E-state index contributed by atoms with van der Waals surface area (Å²) in [6, 6.07) is -0.318. The molecule has 0 saturated carbocycles. The van der Waals surface area contributed by atoms with Gasteiger partial charge in [0.15, 0.2) is 0 Å². The molecule has 1 N–H and O–H groups in total. The molecule has 0 aliphatic carbocycles. The van der Waals surface area contributed by atoms with Gasteiger partial charge in [0.05, 0.1) is 12.7 Å². The minimum absolute atomic E-state index is 0.0585. The van der Waals surface area contributed by atoms with Crippen molar-refractivity contribution in [2.45, 2.75) is 32.4 Å². The first-order chi connectivity index (χ1) is 6.57. The molecule has 0 amide bonds. The average molecular weight is 219 g/mol. The minimum Gasteiger partial charge on any atom is -0.465 e. The lowest BCUT2D eigenvalue weighted by Gasteiger charge is -2.20. The second kappa shape index (κ2) is 5.06. The number of aliphatic hydroxyl groups excluding tert-OH is 1. The van der Waals surface area contributed by atoms with Crippen LogP contribution in [-0.2, 0) is 9.53 Å². The van der Waals surface area contributed by atoms with Gasteiger partial charge in [-0.1, -0.05) is 23.2 Å². The van der Waals surface area contributed by atoms with E-state index in [0.29, 0.717) is 13.2 Å². The summed E-state index contributed by atoms with van der Waals surface area (Å²) in [5.41, 5.74) is 0. The molecule has 0 aromatic heterocycles. The largest absolute Gasteiger partial charge is 0.465 e. The Hall–Kier alpha value is -0.180. The maximum absolute atomic E-state index is 11.6. The van der Waals surface area contributed by atoms with E-state index in [0.717, 1.165) is 6.42 Å². The zero-order valence-corrected chi connectivity index (χ0v) is 9.80. The Morgan fingerprint density at radius 2 is 2.36 bits per heavy atom.